The van der Waals surface area contributed by atoms with Gasteiger partial charge in [-0.3, -0.25) is 9.59 Å². The molecular weight excluding hydrogens is 198 g/mol. The van der Waals surface area contributed by atoms with Crippen molar-refractivity contribution in [2.24, 2.45) is 5.73 Å². The van der Waals surface area contributed by atoms with Crippen molar-refractivity contribution in [3.05, 3.63) is 0 Å². The summed E-state index contributed by atoms with van der Waals surface area (Å²) in [6.07, 6.45) is -0.150. The molecule has 0 unspecified atom stereocenters. The normalized spacial score (nSPS) is 13.1. The fourth-order valence-corrected chi connectivity index (χ4v) is 0.860. The first-order valence-electron chi connectivity index (χ1n) is 4.90. The molecule has 0 fully saturated rings. The Bertz CT molecular complexity index is 232. The maximum Gasteiger partial charge on any atom is 0.324 e. The van der Waals surface area contributed by atoms with Crippen molar-refractivity contribution < 1.29 is 19.1 Å². The summed E-state index contributed by atoms with van der Waals surface area (Å²) in [6, 6.07) is -0.955. The lowest BCUT2D eigenvalue weighted by atomic mass is 10.1. The van der Waals surface area contributed by atoms with Gasteiger partial charge >= 0.3 is 11.9 Å². The minimum absolute atomic E-state index is 0.150. The van der Waals surface area contributed by atoms with Crippen molar-refractivity contribution in [3.63, 3.8) is 0 Å². The van der Waals surface area contributed by atoms with Gasteiger partial charge in [-0.2, -0.15) is 0 Å². The highest BCUT2D eigenvalue weighted by atomic mass is 16.6. The van der Waals surface area contributed by atoms with E-state index in [1.165, 1.54) is 0 Å². The summed E-state index contributed by atoms with van der Waals surface area (Å²) in [7, 11) is 0. The zero-order valence-electron chi connectivity index (χ0n) is 9.70. The van der Waals surface area contributed by atoms with Crippen LogP contribution in [-0.4, -0.2) is 30.2 Å². The maximum absolute atomic E-state index is 11.3. The van der Waals surface area contributed by atoms with Crippen LogP contribution in [0.5, 0.6) is 0 Å². The van der Waals surface area contributed by atoms with Gasteiger partial charge in [-0.25, -0.2) is 0 Å². The zero-order chi connectivity index (χ0) is 12.1. The van der Waals surface area contributed by atoms with E-state index in [2.05, 4.69) is 4.74 Å². The van der Waals surface area contributed by atoms with Gasteiger partial charge in [0, 0.05) is 0 Å². The van der Waals surface area contributed by atoms with Gasteiger partial charge in [0.15, 0.2) is 0 Å². The predicted molar refractivity (Wildman–Crippen MR) is 55.1 cm³/mol. The third-order valence-corrected chi connectivity index (χ3v) is 1.40. The Morgan fingerprint density at radius 3 is 2.27 bits per heavy atom. The number of ether oxygens (including phenoxy) is 2. The highest BCUT2D eigenvalue weighted by molar-refractivity contribution is 5.82. The van der Waals surface area contributed by atoms with E-state index < -0.39 is 23.6 Å². The lowest BCUT2D eigenvalue weighted by Gasteiger charge is -2.21. The smallest absolute Gasteiger partial charge is 0.324 e. The first-order chi connectivity index (χ1) is 6.76. The van der Waals surface area contributed by atoms with E-state index in [0.717, 1.165) is 0 Å². The van der Waals surface area contributed by atoms with Gasteiger partial charge in [0.2, 0.25) is 0 Å². The molecule has 0 aromatic carbocycles. The molecule has 2 N–H and O–H groups in total. The lowest BCUT2D eigenvalue weighted by Crippen LogP contribution is -2.39. The highest BCUT2D eigenvalue weighted by Crippen LogP contribution is 2.09. The van der Waals surface area contributed by atoms with E-state index >= 15 is 0 Å². The Morgan fingerprint density at radius 2 is 1.87 bits per heavy atom. The van der Waals surface area contributed by atoms with Crippen molar-refractivity contribution in [2.45, 2.75) is 45.8 Å². The number of carbonyl (C=O) groups excluding carboxylic acids is 2. The molecular formula is C10H19NO4. The van der Waals surface area contributed by atoms with E-state index in [0.29, 0.717) is 0 Å². The Morgan fingerprint density at radius 1 is 1.33 bits per heavy atom. The molecule has 0 aliphatic carbocycles. The molecule has 5 nitrogen and oxygen atoms in total. The van der Waals surface area contributed by atoms with Crippen LogP contribution in [0.1, 0.15) is 34.1 Å². The highest BCUT2D eigenvalue weighted by Gasteiger charge is 2.24. The van der Waals surface area contributed by atoms with Crippen LogP contribution in [0.25, 0.3) is 0 Å². The van der Waals surface area contributed by atoms with Crippen LogP contribution in [0.3, 0.4) is 0 Å². The average Bonchev–Trinajstić information content (AvgIpc) is 2.00. The number of carbonyl (C=O) groups is 2. The van der Waals surface area contributed by atoms with Crippen LogP contribution >= 0.6 is 0 Å². The average molecular weight is 217 g/mol. The summed E-state index contributed by atoms with van der Waals surface area (Å²) in [4.78, 5) is 22.4. The van der Waals surface area contributed by atoms with E-state index in [-0.39, 0.29) is 13.0 Å². The van der Waals surface area contributed by atoms with E-state index in [9.17, 15) is 9.59 Å². The molecule has 0 rings (SSSR count). The second kappa shape index (κ2) is 5.70. The van der Waals surface area contributed by atoms with Gasteiger partial charge in [-0.05, 0) is 27.7 Å². The first-order valence-corrected chi connectivity index (χ1v) is 4.90. The summed E-state index contributed by atoms with van der Waals surface area (Å²) >= 11 is 0. The molecule has 0 aliphatic heterocycles. The van der Waals surface area contributed by atoms with Crippen molar-refractivity contribution in [3.8, 4) is 0 Å². The first kappa shape index (κ1) is 13.9. The molecule has 0 aromatic heterocycles. The third-order valence-electron chi connectivity index (χ3n) is 1.40. The molecule has 88 valence electrons. The van der Waals surface area contributed by atoms with Gasteiger partial charge in [0.05, 0.1) is 13.0 Å². The molecule has 5 heteroatoms. The number of nitrogens with two attached hydrogens (primary N) is 1. The van der Waals surface area contributed by atoms with Crippen molar-refractivity contribution in [1.29, 1.82) is 0 Å². The monoisotopic (exact) mass is 217 g/mol. The summed E-state index contributed by atoms with van der Waals surface area (Å²) in [5.74, 6) is -1.08. The molecule has 0 saturated carbocycles. The SMILES string of the molecule is CCOC(=O)C[C@@H](N)C(=O)OC(C)(C)C. The predicted octanol–water partition coefficient (Wildman–Crippen LogP) is 0.609. The Balaban J connectivity index is 4.05. The van der Waals surface area contributed by atoms with E-state index in [1.54, 1.807) is 27.7 Å². The van der Waals surface area contributed by atoms with Gasteiger partial charge in [-0.1, -0.05) is 0 Å². The molecule has 1 atom stereocenters. The molecule has 0 heterocycles. The van der Waals surface area contributed by atoms with Crippen molar-refractivity contribution in [1.82, 2.24) is 0 Å². The maximum atomic E-state index is 11.3. The van der Waals surface area contributed by atoms with Crippen LogP contribution in [-0.2, 0) is 19.1 Å². The van der Waals surface area contributed by atoms with Gasteiger partial charge in [-0.15, -0.1) is 0 Å². The molecule has 0 aliphatic rings. The standard InChI is InChI=1S/C10H19NO4/c1-5-14-8(12)6-7(11)9(13)15-10(2,3)4/h7H,5-6,11H2,1-4H3/t7-/m1/s1. The molecule has 0 saturated heterocycles. The number of rotatable bonds is 4. The van der Waals surface area contributed by atoms with Crippen LogP contribution in [0.4, 0.5) is 0 Å². The minimum Gasteiger partial charge on any atom is -0.466 e. The van der Waals surface area contributed by atoms with Crippen LogP contribution in [0.2, 0.25) is 0 Å². The quantitative estimate of drug-likeness (QED) is 0.698. The van der Waals surface area contributed by atoms with E-state index in [4.69, 9.17) is 10.5 Å². The summed E-state index contributed by atoms with van der Waals surface area (Å²) in [6.45, 7) is 7.18. The second-order valence-electron chi connectivity index (χ2n) is 4.15. The Hall–Kier alpha value is -1.10. The number of hydrogen-bond acceptors (Lipinski definition) is 5. The topological polar surface area (TPSA) is 78.6 Å². The molecule has 0 radical (unpaired) electrons. The molecule has 0 bridgehead atoms. The van der Waals surface area contributed by atoms with Gasteiger partial charge < -0.3 is 15.2 Å². The van der Waals surface area contributed by atoms with Crippen LogP contribution in [0, 0.1) is 0 Å². The number of esters is 2. The van der Waals surface area contributed by atoms with Crippen LogP contribution in [0.15, 0.2) is 0 Å². The Labute approximate surface area is 89.9 Å². The summed E-state index contributed by atoms with van der Waals surface area (Å²) < 4.78 is 9.67. The molecule has 0 spiro atoms. The third kappa shape index (κ3) is 6.90. The molecule has 0 aromatic rings. The Kier molecular flexibility index (Phi) is 5.28. The van der Waals surface area contributed by atoms with Gasteiger partial charge in [0.25, 0.3) is 0 Å². The number of hydrogen-bond donors (Lipinski definition) is 1. The van der Waals surface area contributed by atoms with Gasteiger partial charge in [0.1, 0.15) is 11.6 Å². The van der Waals surface area contributed by atoms with E-state index in [1.807, 2.05) is 0 Å². The second-order valence-corrected chi connectivity index (χ2v) is 4.15. The van der Waals surface area contributed by atoms with Crippen LogP contribution < -0.4 is 5.73 Å². The van der Waals surface area contributed by atoms with Crippen molar-refractivity contribution >= 4 is 11.9 Å². The molecule has 15 heavy (non-hydrogen) atoms. The summed E-state index contributed by atoms with van der Waals surface area (Å²) in [5.41, 5.74) is 4.89. The zero-order valence-corrected chi connectivity index (χ0v) is 9.70. The summed E-state index contributed by atoms with van der Waals surface area (Å²) in [5, 5.41) is 0. The fraction of sp³-hybridized carbons (Fsp3) is 0.800. The van der Waals surface area contributed by atoms with Crippen molar-refractivity contribution in [2.75, 3.05) is 6.61 Å². The lowest BCUT2D eigenvalue weighted by molar-refractivity contribution is -0.159. The fourth-order valence-electron chi connectivity index (χ4n) is 0.860. The minimum atomic E-state index is -0.955. The molecule has 0 amide bonds. The largest absolute Gasteiger partial charge is 0.466 e.